The average Bonchev–Trinajstić information content (AvgIpc) is 2.25. The van der Waals surface area contributed by atoms with Crippen molar-refractivity contribution in [2.75, 3.05) is 6.35 Å². The Balaban J connectivity index is 3.12. The minimum Gasteiger partial charge on any atom is -0.458 e. The Morgan fingerprint density at radius 2 is 1.76 bits per heavy atom. The van der Waals surface area contributed by atoms with Gasteiger partial charge in [-0.3, -0.25) is 4.79 Å². The third kappa shape index (κ3) is 3.19. The van der Waals surface area contributed by atoms with Crippen LogP contribution in [0.25, 0.3) is 0 Å². The van der Waals surface area contributed by atoms with Crippen LogP contribution in [0, 0.1) is 0 Å². The second-order valence-electron chi connectivity index (χ2n) is 5.01. The molecule has 0 bridgehead atoms. The fourth-order valence-corrected chi connectivity index (χ4v) is 3.83. The van der Waals surface area contributed by atoms with Gasteiger partial charge < -0.3 is 9.30 Å². The minimum absolute atomic E-state index is 0.0319. The van der Waals surface area contributed by atoms with E-state index in [0.717, 1.165) is 5.30 Å². The van der Waals surface area contributed by atoms with Crippen LogP contribution in [0.5, 0.6) is 0 Å². The predicted molar refractivity (Wildman–Crippen MR) is 70.1 cm³/mol. The van der Waals surface area contributed by atoms with Crippen molar-refractivity contribution in [1.29, 1.82) is 0 Å². The smallest absolute Gasteiger partial charge is 0.303 e. The second kappa shape index (κ2) is 5.05. The molecular formula is C13H19O3P. The first-order valence-electron chi connectivity index (χ1n) is 5.55. The molecule has 0 N–H and O–H groups in total. The number of carbonyl (C=O) groups excluding carboxylic acids is 1. The standard InChI is InChI=1S/C13H19O3P/c1-11(14)16-10-17(15,13(2,3)4)12-8-6-5-7-9-12/h5-9H,10H2,1-4H3/t17-/m1/s1. The van der Waals surface area contributed by atoms with Crippen LogP contribution in [-0.4, -0.2) is 17.5 Å². The molecule has 0 heterocycles. The summed E-state index contributed by atoms with van der Waals surface area (Å²) in [5, 5.41) is 0.331. The van der Waals surface area contributed by atoms with Gasteiger partial charge in [-0.15, -0.1) is 0 Å². The van der Waals surface area contributed by atoms with Crippen LogP contribution < -0.4 is 5.30 Å². The maximum absolute atomic E-state index is 13.1. The summed E-state index contributed by atoms with van der Waals surface area (Å²) < 4.78 is 18.0. The van der Waals surface area contributed by atoms with Gasteiger partial charge in [0.2, 0.25) is 0 Å². The molecule has 0 aliphatic rings. The Morgan fingerprint density at radius 3 is 2.18 bits per heavy atom. The minimum atomic E-state index is -2.75. The molecule has 0 saturated heterocycles. The van der Waals surface area contributed by atoms with Crippen molar-refractivity contribution in [3.05, 3.63) is 30.3 Å². The van der Waals surface area contributed by atoms with Gasteiger partial charge in [-0.1, -0.05) is 51.1 Å². The summed E-state index contributed by atoms with van der Waals surface area (Å²) in [5.74, 6) is -0.398. The molecule has 94 valence electrons. The zero-order valence-electron chi connectivity index (χ0n) is 10.8. The highest BCUT2D eigenvalue weighted by atomic mass is 31.2. The summed E-state index contributed by atoms with van der Waals surface area (Å²) in [6.07, 6.45) is -0.0319. The number of carbonyl (C=O) groups is 1. The predicted octanol–water partition coefficient (Wildman–Crippen LogP) is 2.99. The number of esters is 1. The van der Waals surface area contributed by atoms with E-state index in [1.54, 1.807) is 0 Å². The fraction of sp³-hybridized carbons (Fsp3) is 0.462. The molecule has 4 heteroatoms. The Morgan fingerprint density at radius 1 is 1.24 bits per heavy atom. The Hall–Kier alpha value is -1.08. The zero-order chi connectivity index (χ0) is 13.1. The highest BCUT2D eigenvalue weighted by Gasteiger charge is 2.39. The molecule has 1 atom stereocenters. The summed E-state index contributed by atoms with van der Waals surface area (Å²) in [6.45, 7) is 7.05. The van der Waals surface area contributed by atoms with Crippen LogP contribution >= 0.6 is 7.14 Å². The van der Waals surface area contributed by atoms with Crippen LogP contribution in [-0.2, 0) is 14.1 Å². The van der Waals surface area contributed by atoms with Crippen LogP contribution in [0.15, 0.2) is 30.3 Å². The number of ether oxygens (including phenoxy) is 1. The van der Waals surface area contributed by atoms with E-state index in [9.17, 15) is 9.36 Å². The van der Waals surface area contributed by atoms with Gasteiger partial charge in [-0.25, -0.2) is 0 Å². The van der Waals surface area contributed by atoms with Gasteiger partial charge in [0.1, 0.15) is 6.35 Å². The normalized spacial score (nSPS) is 15.1. The summed E-state index contributed by atoms with van der Waals surface area (Å²) in [6, 6.07) is 9.23. The van der Waals surface area contributed by atoms with Crippen molar-refractivity contribution in [2.24, 2.45) is 0 Å². The molecule has 0 aliphatic carbocycles. The molecule has 0 aliphatic heterocycles. The summed E-state index contributed by atoms with van der Waals surface area (Å²) in [4.78, 5) is 10.9. The van der Waals surface area contributed by atoms with Gasteiger partial charge >= 0.3 is 5.97 Å². The molecule has 1 aromatic rings. The highest BCUT2D eigenvalue weighted by Crippen LogP contribution is 2.56. The number of rotatable bonds is 3. The van der Waals surface area contributed by atoms with Crippen molar-refractivity contribution in [2.45, 2.75) is 32.9 Å². The maximum Gasteiger partial charge on any atom is 0.303 e. The number of hydrogen-bond acceptors (Lipinski definition) is 3. The summed E-state index contributed by atoms with van der Waals surface area (Å²) in [5.41, 5.74) is 0. The van der Waals surface area contributed by atoms with E-state index < -0.39 is 18.3 Å². The first-order chi connectivity index (χ1) is 7.77. The largest absolute Gasteiger partial charge is 0.458 e. The summed E-state index contributed by atoms with van der Waals surface area (Å²) >= 11 is 0. The van der Waals surface area contributed by atoms with E-state index in [1.807, 2.05) is 51.1 Å². The molecule has 0 spiro atoms. The molecule has 17 heavy (non-hydrogen) atoms. The fourth-order valence-electron chi connectivity index (χ4n) is 1.51. The quantitative estimate of drug-likeness (QED) is 0.615. The zero-order valence-corrected chi connectivity index (χ0v) is 11.7. The van der Waals surface area contributed by atoms with Gasteiger partial charge in [-0.2, -0.15) is 0 Å². The summed E-state index contributed by atoms with van der Waals surface area (Å²) in [7, 11) is -2.75. The van der Waals surface area contributed by atoms with E-state index >= 15 is 0 Å². The molecule has 0 saturated carbocycles. The molecule has 0 amide bonds. The maximum atomic E-state index is 13.1. The van der Waals surface area contributed by atoms with Crippen molar-refractivity contribution < 1.29 is 14.1 Å². The third-order valence-corrected chi connectivity index (χ3v) is 6.50. The van der Waals surface area contributed by atoms with Crippen molar-refractivity contribution in [3.8, 4) is 0 Å². The van der Waals surface area contributed by atoms with Gasteiger partial charge in [0.15, 0.2) is 7.14 Å². The Labute approximate surface area is 103 Å². The van der Waals surface area contributed by atoms with E-state index in [2.05, 4.69) is 0 Å². The van der Waals surface area contributed by atoms with Gasteiger partial charge in [-0.05, 0) is 0 Å². The van der Waals surface area contributed by atoms with E-state index in [4.69, 9.17) is 4.74 Å². The molecular weight excluding hydrogens is 235 g/mol. The van der Waals surface area contributed by atoms with Gasteiger partial charge in [0.05, 0.1) is 0 Å². The van der Waals surface area contributed by atoms with Crippen molar-refractivity contribution in [1.82, 2.24) is 0 Å². The van der Waals surface area contributed by atoms with Crippen LogP contribution in [0.3, 0.4) is 0 Å². The van der Waals surface area contributed by atoms with E-state index in [1.165, 1.54) is 6.92 Å². The first-order valence-corrected chi connectivity index (χ1v) is 7.45. The lowest BCUT2D eigenvalue weighted by atomic mass is 10.3. The first kappa shape index (κ1) is 14.0. The van der Waals surface area contributed by atoms with E-state index in [-0.39, 0.29) is 6.35 Å². The Kier molecular flexibility index (Phi) is 4.16. The lowest BCUT2D eigenvalue weighted by molar-refractivity contribution is -0.139. The monoisotopic (exact) mass is 254 g/mol. The third-order valence-electron chi connectivity index (χ3n) is 2.71. The molecule has 0 unspecified atom stereocenters. The Bertz CT molecular complexity index is 432. The average molecular weight is 254 g/mol. The lowest BCUT2D eigenvalue weighted by Crippen LogP contribution is -2.26. The highest BCUT2D eigenvalue weighted by molar-refractivity contribution is 7.72. The second-order valence-corrected chi connectivity index (χ2v) is 8.61. The van der Waals surface area contributed by atoms with Gasteiger partial charge in [0, 0.05) is 17.4 Å². The van der Waals surface area contributed by atoms with Crippen LogP contribution in [0.4, 0.5) is 0 Å². The molecule has 0 radical (unpaired) electrons. The van der Waals surface area contributed by atoms with Crippen molar-refractivity contribution in [3.63, 3.8) is 0 Å². The number of benzene rings is 1. The van der Waals surface area contributed by atoms with Crippen LogP contribution in [0.2, 0.25) is 0 Å². The van der Waals surface area contributed by atoms with Gasteiger partial charge in [0.25, 0.3) is 0 Å². The topological polar surface area (TPSA) is 43.4 Å². The van der Waals surface area contributed by atoms with E-state index in [0.29, 0.717) is 0 Å². The molecule has 1 rings (SSSR count). The SMILES string of the molecule is CC(=O)OC[P@@](=O)(c1ccccc1)C(C)(C)C. The molecule has 1 aromatic carbocycles. The van der Waals surface area contributed by atoms with Crippen LogP contribution in [0.1, 0.15) is 27.7 Å². The molecule has 0 aromatic heterocycles. The van der Waals surface area contributed by atoms with Crippen molar-refractivity contribution >= 4 is 18.4 Å². The lowest BCUT2D eigenvalue weighted by Gasteiger charge is -2.31. The number of hydrogen-bond donors (Lipinski definition) is 0. The molecule has 3 nitrogen and oxygen atoms in total. The molecule has 0 fully saturated rings.